The summed E-state index contributed by atoms with van der Waals surface area (Å²) in [5.74, 6) is 35.1. The molecule has 0 aromatic carbocycles. The van der Waals surface area contributed by atoms with Gasteiger partial charge < -0.3 is 4.74 Å². The number of urea groups is 1. The van der Waals surface area contributed by atoms with Gasteiger partial charge in [0.2, 0.25) is 11.8 Å². The number of hydrogen-bond acceptors (Lipinski definition) is 5. The molecule has 0 unspecified atom stereocenters. The lowest BCUT2D eigenvalue weighted by molar-refractivity contribution is -0.145. The standard InChI is InChI=1S/C24H6N2O5/c1-2-3-4-5-6-7-8-9-10-11-12-13-14-15-16-17-18-31-23(29)20-26-22(28)19-21(27)25-24(26)30/h1H,19-20H2,(H,25,27,30). The lowest BCUT2D eigenvalue weighted by Gasteiger charge is -2.22. The average molecular weight is 402 g/mol. The normalized spacial score (nSPS) is 9.65. The maximum Gasteiger partial charge on any atom is 0.340 e. The Hall–Kier alpha value is -5.88. The summed E-state index contributed by atoms with van der Waals surface area (Å²) >= 11 is 0. The van der Waals surface area contributed by atoms with E-state index in [0.29, 0.717) is 4.90 Å². The molecule has 1 fully saturated rings. The second kappa shape index (κ2) is 14.2. The van der Waals surface area contributed by atoms with Crippen molar-refractivity contribution in [1.29, 1.82) is 0 Å². The Balaban J connectivity index is 2.42. The zero-order valence-corrected chi connectivity index (χ0v) is 15.5. The lowest BCUT2D eigenvalue weighted by Crippen LogP contribution is -2.54. The summed E-state index contributed by atoms with van der Waals surface area (Å²) in [6.07, 6.45) is 6.35. The van der Waals surface area contributed by atoms with Gasteiger partial charge in [-0.05, 0) is 47.4 Å². The van der Waals surface area contributed by atoms with Gasteiger partial charge in [0.05, 0.1) is 0 Å². The summed E-state index contributed by atoms with van der Waals surface area (Å²) in [5.41, 5.74) is 0. The van der Waals surface area contributed by atoms with Gasteiger partial charge in [-0.3, -0.25) is 19.8 Å². The molecule has 0 aliphatic carbocycles. The number of barbiturate groups is 1. The van der Waals surface area contributed by atoms with Crippen molar-refractivity contribution in [3.05, 3.63) is 0 Å². The molecular weight excluding hydrogens is 396 g/mol. The molecule has 7 heteroatoms. The van der Waals surface area contributed by atoms with Gasteiger partial charge in [0.25, 0.3) is 0 Å². The molecule has 0 aromatic rings. The molecule has 0 radical (unpaired) electrons. The van der Waals surface area contributed by atoms with Gasteiger partial charge in [-0.15, -0.1) is 6.42 Å². The first-order valence-corrected chi connectivity index (χ1v) is 7.84. The van der Waals surface area contributed by atoms with Crippen molar-refractivity contribution in [3.8, 4) is 107 Å². The quantitative estimate of drug-likeness (QED) is 0.349. The number of rotatable bonds is 2. The van der Waals surface area contributed by atoms with Crippen LogP contribution in [0.1, 0.15) is 6.42 Å². The van der Waals surface area contributed by atoms with Gasteiger partial charge in [0.1, 0.15) is 19.1 Å². The van der Waals surface area contributed by atoms with E-state index in [9.17, 15) is 19.2 Å². The first-order chi connectivity index (χ1) is 15.0. The molecule has 1 rings (SSSR count). The van der Waals surface area contributed by atoms with Crippen molar-refractivity contribution in [3.63, 3.8) is 0 Å². The van der Waals surface area contributed by atoms with E-state index in [0.717, 1.165) is 0 Å². The molecule has 142 valence electrons. The number of esters is 1. The van der Waals surface area contributed by atoms with Gasteiger partial charge in [0, 0.05) is 47.4 Å². The molecule has 1 aliphatic heterocycles. The molecule has 0 spiro atoms. The first-order valence-electron chi connectivity index (χ1n) is 7.84. The molecule has 0 bridgehead atoms. The molecule has 4 amide bonds. The van der Waals surface area contributed by atoms with Crippen LogP contribution in [0.3, 0.4) is 0 Å². The molecular formula is C24H6N2O5. The second-order valence-corrected chi connectivity index (χ2v) is 4.61. The van der Waals surface area contributed by atoms with Crippen molar-refractivity contribution < 1.29 is 23.9 Å². The van der Waals surface area contributed by atoms with E-state index in [1.165, 1.54) is 0 Å². The maximum absolute atomic E-state index is 11.5. The SMILES string of the molecule is C#CC#CC#CC#CC#CC#CC#CC#CC#COC(=O)CN1C(=O)CC(=O)NC1=O. The van der Waals surface area contributed by atoms with E-state index in [4.69, 9.17) is 6.42 Å². The van der Waals surface area contributed by atoms with Crippen molar-refractivity contribution >= 4 is 23.8 Å². The summed E-state index contributed by atoms with van der Waals surface area (Å²) in [4.78, 5) is 46.0. The third-order valence-electron chi connectivity index (χ3n) is 2.55. The highest BCUT2D eigenvalue weighted by molar-refractivity contribution is 6.15. The third kappa shape index (κ3) is 10.8. The highest BCUT2D eigenvalue weighted by Gasteiger charge is 2.32. The van der Waals surface area contributed by atoms with E-state index in [1.54, 1.807) is 0 Å². The minimum Gasteiger partial charge on any atom is -0.370 e. The summed E-state index contributed by atoms with van der Waals surface area (Å²) < 4.78 is 4.49. The van der Waals surface area contributed by atoms with E-state index in [1.807, 2.05) is 11.4 Å². The van der Waals surface area contributed by atoms with E-state index in [2.05, 4.69) is 99.5 Å². The number of nitrogens with zero attached hydrogens (tertiary/aromatic N) is 1. The van der Waals surface area contributed by atoms with E-state index >= 15 is 0 Å². The minimum atomic E-state index is -1.00. The van der Waals surface area contributed by atoms with Crippen molar-refractivity contribution in [2.75, 3.05) is 6.54 Å². The number of imide groups is 2. The van der Waals surface area contributed by atoms with Gasteiger partial charge in [0.15, 0.2) is 0 Å². The second-order valence-electron chi connectivity index (χ2n) is 4.61. The Morgan fingerprint density at radius 3 is 1.71 bits per heavy atom. The smallest absolute Gasteiger partial charge is 0.340 e. The van der Waals surface area contributed by atoms with Crippen LogP contribution in [0.4, 0.5) is 4.79 Å². The fourth-order valence-corrected chi connectivity index (χ4v) is 1.45. The van der Waals surface area contributed by atoms with Gasteiger partial charge in [-0.2, -0.15) is 0 Å². The predicted molar refractivity (Wildman–Crippen MR) is 107 cm³/mol. The van der Waals surface area contributed by atoms with Crippen LogP contribution in [0.15, 0.2) is 0 Å². The minimum absolute atomic E-state index is 0.533. The average Bonchev–Trinajstić information content (AvgIpc) is 2.73. The van der Waals surface area contributed by atoms with E-state index < -0.39 is 36.8 Å². The van der Waals surface area contributed by atoms with Crippen molar-refractivity contribution in [2.24, 2.45) is 0 Å². The predicted octanol–water partition coefficient (Wildman–Crippen LogP) is -1.38. The van der Waals surface area contributed by atoms with E-state index in [-0.39, 0.29) is 0 Å². The van der Waals surface area contributed by atoms with Gasteiger partial charge >= 0.3 is 12.0 Å². The largest absolute Gasteiger partial charge is 0.370 e. The van der Waals surface area contributed by atoms with Crippen LogP contribution in [-0.2, 0) is 19.1 Å². The Morgan fingerprint density at radius 2 is 1.26 bits per heavy atom. The summed E-state index contributed by atoms with van der Waals surface area (Å²) in [6, 6.07) is -1.00. The molecule has 1 aliphatic rings. The zero-order chi connectivity index (χ0) is 22.7. The number of carbonyl (C=O) groups excluding carboxylic acids is 4. The Labute approximate surface area is 178 Å². The number of hydrogen-bond donors (Lipinski definition) is 1. The molecule has 31 heavy (non-hydrogen) atoms. The van der Waals surface area contributed by atoms with Crippen LogP contribution in [-0.4, -0.2) is 35.3 Å². The van der Waals surface area contributed by atoms with Crippen LogP contribution in [0.5, 0.6) is 0 Å². The lowest BCUT2D eigenvalue weighted by atomic mass is 10.3. The van der Waals surface area contributed by atoms with Crippen LogP contribution in [0.25, 0.3) is 0 Å². The summed E-state index contributed by atoms with van der Waals surface area (Å²) in [7, 11) is 0. The fourth-order valence-electron chi connectivity index (χ4n) is 1.45. The molecule has 1 saturated heterocycles. The van der Waals surface area contributed by atoms with Crippen LogP contribution in [0, 0.1) is 107 Å². The molecule has 0 aromatic heterocycles. The van der Waals surface area contributed by atoms with Crippen molar-refractivity contribution in [1.82, 2.24) is 10.2 Å². The Kier molecular flexibility index (Phi) is 10.6. The molecule has 0 saturated carbocycles. The van der Waals surface area contributed by atoms with Crippen LogP contribution in [0.2, 0.25) is 0 Å². The summed E-state index contributed by atoms with van der Waals surface area (Å²) in [6.45, 7) is -0.687. The number of ether oxygens (including phenoxy) is 1. The van der Waals surface area contributed by atoms with Crippen LogP contribution < -0.4 is 5.32 Å². The maximum atomic E-state index is 11.5. The topological polar surface area (TPSA) is 92.8 Å². The first kappa shape index (κ1) is 23.2. The van der Waals surface area contributed by atoms with Crippen LogP contribution >= 0.6 is 0 Å². The molecule has 1 heterocycles. The molecule has 0 atom stereocenters. The number of carbonyl (C=O) groups is 4. The monoisotopic (exact) mass is 402 g/mol. The van der Waals surface area contributed by atoms with Crippen molar-refractivity contribution in [2.45, 2.75) is 6.42 Å². The van der Waals surface area contributed by atoms with Gasteiger partial charge in [-0.1, -0.05) is 0 Å². The number of terminal acetylenes is 1. The zero-order valence-electron chi connectivity index (χ0n) is 15.5. The third-order valence-corrected chi connectivity index (χ3v) is 2.55. The molecule has 7 nitrogen and oxygen atoms in total. The molecule has 1 N–H and O–H groups in total. The highest BCUT2D eigenvalue weighted by atomic mass is 16.5. The summed E-state index contributed by atoms with van der Waals surface area (Å²) in [5, 5.41) is 1.90. The Bertz CT molecular complexity index is 1350. The number of nitrogens with one attached hydrogen (secondary N) is 1. The fraction of sp³-hybridized carbons (Fsp3) is 0.0833. The highest BCUT2D eigenvalue weighted by Crippen LogP contribution is 2.02. The Morgan fingerprint density at radius 1 is 0.806 bits per heavy atom. The number of amides is 4. The van der Waals surface area contributed by atoms with Gasteiger partial charge in [-0.25, -0.2) is 9.59 Å².